The molecule has 0 aliphatic heterocycles. The molecule has 0 bridgehead atoms. The molecule has 3 aromatic carbocycles. The van der Waals surface area contributed by atoms with Crippen molar-refractivity contribution < 1.29 is 28.5 Å². The predicted molar refractivity (Wildman–Crippen MR) is 125 cm³/mol. The maximum absolute atomic E-state index is 12.8. The summed E-state index contributed by atoms with van der Waals surface area (Å²) in [6, 6.07) is 24.9. The summed E-state index contributed by atoms with van der Waals surface area (Å²) in [5, 5.41) is 0. The number of ketones is 1. The third-order valence-corrected chi connectivity index (χ3v) is 5.02. The molecule has 0 saturated heterocycles. The fraction of sp³-hybridized carbons (Fsp3) is 0.296. The average molecular weight is 451 g/mol. The maximum atomic E-state index is 12.8. The Bertz CT molecular complexity index is 954. The lowest BCUT2D eigenvalue weighted by Gasteiger charge is -2.17. The minimum Gasteiger partial charge on any atom is -0.497 e. The molecule has 0 radical (unpaired) electrons. The van der Waals surface area contributed by atoms with Crippen molar-refractivity contribution in [3.63, 3.8) is 0 Å². The van der Waals surface area contributed by atoms with E-state index in [4.69, 9.17) is 23.7 Å². The molecule has 174 valence electrons. The highest BCUT2D eigenvalue weighted by atomic mass is 16.5. The zero-order valence-corrected chi connectivity index (χ0v) is 19.1. The van der Waals surface area contributed by atoms with Crippen molar-refractivity contribution in [2.75, 3.05) is 27.4 Å². The predicted octanol–water partition coefficient (Wildman–Crippen LogP) is 4.59. The Morgan fingerprint density at radius 1 is 0.667 bits per heavy atom. The highest BCUT2D eigenvalue weighted by molar-refractivity contribution is 5.84. The van der Waals surface area contributed by atoms with Gasteiger partial charge in [0.1, 0.15) is 24.2 Å². The fourth-order valence-electron chi connectivity index (χ4n) is 3.09. The Kier molecular flexibility index (Phi) is 9.91. The van der Waals surface area contributed by atoms with Gasteiger partial charge in [0, 0.05) is 0 Å². The van der Waals surface area contributed by atoms with Gasteiger partial charge in [-0.2, -0.15) is 0 Å². The minimum absolute atomic E-state index is 0.0582. The third-order valence-electron chi connectivity index (χ3n) is 5.02. The lowest BCUT2D eigenvalue weighted by Crippen LogP contribution is -2.32. The van der Waals surface area contributed by atoms with Crippen LogP contribution in [0.1, 0.15) is 16.7 Å². The highest BCUT2D eigenvalue weighted by Crippen LogP contribution is 2.14. The van der Waals surface area contributed by atoms with Gasteiger partial charge in [-0.15, -0.1) is 0 Å². The van der Waals surface area contributed by atoms with Crippen molar-refractivity contribution in [1.29, 1.82) is 0 Å². The Morgan fingerprint density at radius 2 is 1.18 bits per heavy atom. The van der Waals surface area contributed by atoms with Gasteiger partial charge in [0.15, 0.2) is 5.78 Å². The van der Waals surface area contributed by atoms with Crippen molar-refractivity contribution in [2.45, 2.75) is 25.9 Å². The molecule has 0 amide bonds. The molecule has 3 rings (SSSR count). The van der Waals surface area contributed by atoms with Crippen molar-refractivity contribution >= 4 is 5.78 Å². The summed E-state index contributed by atoms with van der Waals surface area (Å²) < 4.78 is 27.7. The van der Waals surface area contributed by atoms with Crippen LogP contribution < -0.4 is 9.47 Å². The molecule has 0 unspecified atom stereocenters. The smallest absolute Gasteiger partial charge is 0.189 e. The quantitative estimate of drug-likeness (QED) is 0.358. The number of carbonyl (C=O) groups excluding carboxylic acids is 1. The van der Waals surface area contributed by atoms with Crippen molar-refractivity contribution in [3.8, 4) is 11.5 Å². The number of benzene rings is 3. The number of ether oxygens (including phenoxy) is 5. The molecule has 0 aromatic heterocycles. The van der Waals surface area contributed by atoms with Crippen LogP contribution >= 0.6 is 0 Å². The van der Waals surface area contributed by atoms with Crippen LogP contribution in [0.4, 0.5) is 0 Å². The summed E-state index contributed by atoms with van der Waals surface area (Å²) in [5.41, 5.74) is 2.94. The van der Waals surface area contributed by atoms with E-state index in [1.165, 1.54) is 0 Å². The van der Waals surface area contributed by atoms with E-state index in [0.717, 1.165) is 28.2 Å². The minimum atomic E-state index is -0.723. The summed E-state index contributed by atoms with van der Waals surface area (Å²) in [6.45, 7) is 1.10. The van der Waals surface area contributed by atoms with E-state index in [1.54, 1.807) is 14.2 Å². The van der Waals surface area contributed by atoms with E-state index in [0.29, 0.717) is 19.8 Å². The first-order valence-corrected chi connectivity index (χ1v) is 10.8. The van der Waals surface area contributed by atoms with E-state index in [1.807, 2.05) is 78.9 Å². The summed E-state index contributed by atoms with van der Waals surface area (Å²) in [4.78, 5) is 12.8. The molecule has 0 heterocycles. The van der Waals surface area contributed by atoms with Gasteiger partial charge in [0.05, 0.1) is 40.6 Å². The summed E-state index contributed by atoms with van der Waals surface area (Å²) in [6.07, 6.45) is -0.723. The van der Waals surface area contributed by atoms with Gasteiger partial charge in [-0.25, -0.2) is 0 Å². The van der Waals surface area contributed by atoms with Gasteiger partial charge in [0.25, 0.3) is 0 Å². The molecular formula is C27H30O6. The van der Waals surface area contributed by atoms with Crippen LogP contribution in [0.2, 0.25) is 0 Å². The van der Waals surface area contributed by atoms with E-state index in [9.17, 15) is 4.79 Å². The number of methoxy groups -OCH3 is 2. The first-order valence-electron chi connectivity index (χ1n) is 10.8. The molecule has 0 saturated carbocycles. The second kappa shape index (κ2) is 13.4. The van der Waals surface area contributed by atoms with Crippen LogP contribution in [-0.2, 0) is 38.8 Å². The van der Waals surface area contributed by atoms with Crippen molar-refractivity contribution in [1.82, 2.24) is 0 Å². The summed E-state index contributed by atoms with van der Waals surface area (Å²) in [5.74, 6) is 1.40. The normalized spacial score (nSPS) is 11.7. The molecule has 3 aromatic rings. The Morgan fingerprint density at radius 3 is 1.73 bits per heavy atom. The van der Waals surface area contributed by atoms with Gasteiger partial charge in [-0.3, -0.25) is 4.79 Å². The van der Waals surface area contributed by atoms with Gasteiger partial charge < -0.3 is 23.7 Å². The van der Waals surface area contributed by atoms with E-state index in [-0.39, 0.29) is 19.0 Å². The highest BCUT2D eigenvalue weighted by Gasteiger charge is 2.20. The fourth-order valence-corrected chi connectivity index (χ4v) is 3.09. The molecular weight excluding hydrogens is 420 g/mol. The van der Waals surface area contributed by atoms with Gasteiger partial charge >= 0.3 is 0 Å². The van der Waals surface area contributed by atoms with Crippen LogP contribution in [0.15, 0.2) is 78.9 Å². The largest absolute Gasteiger partial charge is 0.497 e. The lowest BCUT2D eigenvalue weighted by atomic mass is 10.2. The molecule has 0 aliphatic carbocycles. The van der Waals surface area contributed by atoms with E-state index >= 15 is 0 Å². The molecule has 6 nitrogen and oxygen atoms in total. The monoisotopic (exact) mass is 450 g/mol. The Labute approximate surface area is 195 Å². The molecule has 6 heteroatoms. The van der Waals surface area contributed by atoms with Crippen LogP contribution in [-0.4, -0.2) is 39.3 Å². The average Bonchev–Trinajstić information content (AvgIpc) is 2.87. The number of hydrogen-bond donors (Lipinski definition) is 0. The number of carbonyl (C=O) groups is 1. The maximum Gasteiger partial charge on any atom is 0.189 e. The first-order chi connectivity index (χ1) is 16.2. The molecule has 0 fully saturated rings. The van der Waals surface area contributed by atoms with Crippen molar-refractivity contribution in [2.24, 2.45) is 0 Å². The zero-order chi connectivity index (χ0) is 23.3. The summed E-state index contributed by atoms with van der Waals surface area (Å²) in [7, 11) is 3.25. The molecule has 0 N–H and O–H groups in total. The third kappa shape index (κ3) is 8.35. The van der Waals surface area contributed by atoms with Crippen LogP contribution in [0.5, 0.6) is 11.5 Å². The molecule has 33 heavy (non-hydrogen) atoms. The second-order valence-corrected chi connectivity index (χ2v) is 7.46. The number of Topliss-reactive ketones (excluding diaryl/α,β-unsaturated/α-hetero) is 1. The van der Waals surface area contributed by atoms with Crippen molar-refractivity contribution in [3.05, 3.63) is 95.6 Å². The van der Waals surface area contributed by atoms with Crippen LogP contribution in [0.25, 0.3) is 0 Å². The Balaban J connectivity index is 1.51. The molecule has 0 aliphatic rings. The van der Waals surface area contributed by atoms with E-state index < -0.39 is 6.10 Å². The lowest BCUT2D eigenvalue weighted by molar-refractivity contribution is -0.141. The summed E-state index contributed by atoms with van der Waals surface area (Å²) >= 11 is 0. The molecule has 1 atom stereocenters. The van der Waals surface area contributed by atoms with Gasteiger partial charge in [0.2, 0.25) is 0 Å². The van der Waals surface area contributed by atoms with Crippen LogP contribution in [0, 0.1) is 0 Å². The standard InChI is InChI=1S/C27H30O6/c1-29-24-12-8-22(9-13-24)16-31-19-26(28)27(33-18-21-6-4-3-5-7-21)20-32-17-23-10-14-25(30-2)15-11-23/h3-15,27H,16-20H2,1-2H3/t27-/m0/s1. The first kappa shape index (κ1) is 24.5. The van der Waals surface area contributed by atoms with Gasteiger partial charge in [-0.05, 0) is 41.0 Å². The van der Waals surface area contributed by atoms with Gasteiger partial charge in [-0.1, -0.05) is 54.6 Å². The molecule has 0 spiro atoms. The topological polar surface area (TPSA) is 63.2 Å². The number of rotatable bonds is 14. The second-order valence-electron chi connectivity index (χ2n) is 7.46. The SMILES string of the molecule is COc1ccc(COCC(=O)[C@H](COCc2ccc(OC)cc2)OCc2ccccc2)cc1. The zero-order valence-electron chi connectivity index (χ0n) is 19.1. The number of hydrogen-bond acceptors (Lipinski definition) is 6. The van der Waals surface area contributed by atoms with E-state index in [2.05, 4.69) is 0 Å². The van der Waals surface area contributed by atoms with Crippen LogP contribution in [0.3, 0.4) is 0 Å². The Hall–Kier alpha value is -3.19.